The van der Waals surface area contributed by atoms with Crippen LogP contribution >= 0.6 is 11.3 Å². The molecule has 0 aliphatic heterocycles. The van der Waals surface area contributed by atoms with Crippen LogP contribution in [0.1, 0.15) is 4.88 Å². The number of aromatic hydroxyl groups is 1. The number of fused-ring (bicyclic) bond motifs is 1. The van der Waals surface area contributed by atoms with Gasteiger partial charge in [-0.3, -0.25) is 0 Å². The van der Waals surface area contributed by atoms with E-state index < -0.39 is 0 Å². The standard InChI is InChI=1S/C10H12N2OS/c11-4-3-9-10(13)7-5-6(12)1-2-8(7)14-9/h1-2,5,13H,3-4,11-12H2. The first kappa shape index (κ1) is 9.30. The maximum atomic E-state index is 9.84. The van der Waals surface area contributed by atoms with Crippen LogP contribution in [0.3, 0.4) is 0 Å². The molecule has 1 aromatic carbocycles. The van der Waals surface area contributed by atoms with Crippen molar-refractivity contribution in [3.8, 4) is 5.75 Å². The third-order valence-corrected chi connectivity index (χ3v) is 3.35. The average molecular weight is 208 g/mol. The van der Waals surface area contributed by atoms with E-state index in [1.165, 1.54) is 0 Å². The van der Waals surface area contributed by atoms with Gasteiger partial charge in [0, 0.05) is 20.7 Å². The molecule has 0 bridgehead atoms. The number of benzene rings is 1. The van der Waals surface area contributed by atoms with Crippen LogP contribution in [0.15, 0.2) is 18.2 Å². The van der Waals surface area contributed by atoms with Crippen LogP contribution in [0.4, 0.5) is 5.69 Å². The zero-order chi connectivity index (χ0) is 10.1. The number of nitrogens with two attached hydrogens (primary N) is 2. The lowest BCUT2D eigenvalue weighted by Crippen LogP contribution is -2.00. The molecule has 74 valence electrons. The van der Waals surface area contributed by atoms with Crippen molar-refractivity contribution in [3.63, 3.8) is 0 Å². The topological polar surface area (TPSA) is 72.3 Å². The molecule has 0 radical (unpaired) electrons. The highest BCUT2D eigenvalue weighted by molar-refractivity contribution is 7.19. The van der Waals surface area contributed by atoms with Gasteiger partial charge < -0.3 is 16.6 Å². The zero-order valence-electron chi connectivity index (χ0n) is 7.66. The molecule has 0 unspecified atom stereocenters. The molecule has 5 N–H and O–H groups in total. The van der Waals surface area contributed by atoms with Gasteiger partial charge in [-0.05, 0) is 31.2 Å². The first-order valence-electron chi connectivity index (χ1n) is 4.42. The van der Waals surface area contributed by atoms with Crippen LogP contribution in [0.2, 0.25) is 0 Å². The van der Waals surface area contributed by atoms with Gasteiger partial charge in [-0.1, -0.05) is 0 Å². The number of nitrogen functional groups attached to an aromatic ring is 1. The van der Waals surface area contributed by atoms with Crippen molar-refractivity contribution in [1.82, 2.24) is 0 Å². The van der Waals surface area contributed by atoms with E-state index in [9.17, 15) is 5.11 Å². The van der Waals surface area contributed by atoms with Crippen LogP contribution in [0, 0.1) is 0 Å². The second-order valence-corrected chi connectivity index (χ2v) is 4.30. The highest BCUT2D eigenvalue weighted by Crippen LogP contribution is 2.37. The van der Waals surface area contributed by atoms with Crippen molar-refractivity contribution in [2.24, 2.45) is 5.73 Å². The summed E-state index contributed by atoms with van der Waals surface area (Å²) in [6, 6.07) is 5.56. The third-order valence-electron chi connectivity index (χ3n) is 2.13. The lowest BCUT2D eigenvalue weighted by molar-refractivity contribution is 0.477. The van der Waals surface area contributed by atoms with Crippen molar-refractivity contribution < 1.29 is 5.11 Å². The van der Waals surface area contributed by atoms with E-state index in [1.807, 2.05) is 12.1 Å². The predicted octanol–water partition coefficient (Wildman–Crippen LogP) is 1.69. The number of thiophene rings is 1. The molecule has 1 aromatic heterocycles. The Morgan fingerprint density at radius 1 is 1.36 bits per heavy atom. The molecule has 0 atom stereocenters. The molecule has 4 heteroatoms. The Morgan fingerprint density at radius 3 is 2.86 bits per heavy atom. The molecule has 3 nitrogen and oxygen atoms in total. The predicted molar refractivity (Wildman–Crippen MR) is 60.7 cm³/mol. The van der Waals surface area contributed by atoms with E-state index in [4.69, 9.17) is 11.5 Å². The molecule has 0 aliphatic rings. The van der Waals surface area contributed by atoms with Crippen LogP contribution in [0.5, 0.6) is 5.75 Å². The minimum absolute atomic E-state index is 0.336. The summed E-state index contributed by atoms with van der Waals surface area (Å²) in [4.78, 5) is 0.938. The van der Waals surface area contributed by atoms with Gasteiger partial charge in [0.05, 0.1) is 0 Å². The molecule has 2 aromatic rings. The fraction of sp³-hybridized carbons (Fsp3) is 0.200. The SMILES string of the molecule is NCCc1sc2ccc(N)cc2c1O. The van der Waals surface area contributed by atoms with Gasteiger partial charge in [0.1, 0.15) is 5.75 Å². The van der Waals surface area contributed by atoms with E-state index in [0.717, 1.165) is 15.0 Å². The van der Waals surface area contributed by atoms with Crippen molar-refractivity contribution in [2.75, 3.05) is 12.3 Å². The number of hydrogen-bond donors (Lipinski definition) is 3. The molecular formula is C10H12N2OS. The minimum Gasteiger partial charge on any atom is -0.506 e. The summed E-state index contributed by atoms with van der Waals surface area (Å²) in [7, 11) is 0. The summed E-state index contributed by atoms with van der Waals surface area (Å²) in [5.41, 5.74) is 11.8. The van der Waals surface area contributed by atoms with Gasteiger partial charge in [0.15, 0.2) is 0 Å². The summed E-state index contributed by atoms with van der Waals surface area (Å²) in [6.07, 6.45) is 0.713. The summed E-state index contributed by atoms with van der Waals surface area (Å²) >= 11 is 1.57. The van der Waals surface area contributed by atoms with E-state index in [-0.39, 0.29) is 0 Å². The maximum absolute atomic E-state index is 9.84. The van der Waals surface area contributed by atoms with Gasteiger partial charge >= 0.3 is 0 Å². The number of anilines is 1. The average Bonchev–Trinajstić information content (AvgIpc) is 2.46. The Morgan fingerprint density at radius 2 is 2.14 bits per heavy atom. The smallest absolute Gasteiger partial charge is 0.137 e. The molecule has 0 spiro atoms. The van der Waals surface area contributed by atoms with E-state index in [1.54, 1.807) is 17.4 Å². The summed E-state index contributed by atoms with van der Waals surface area (Å²) < 4.78 is 1.06. The molecular weight excluding hydrogens is 196 g/mol. The molecule has 0 amide bonds. The van der Waals surface area contributed by atoms with Crippen LogP contribution < -0.4 is 11.5 Å². The normalized spacial score (nSPS) is 10.9. The summed E-state index contributed by atoms with van der Waals surface area (Å²) in [5, 5.41) is 10.7. The van der Waals surface area contributed by atoms with Gasteiger partial charge in [-0.2, -0.15) is 0 Å². The first-order chi connectivity index (χ1) is 6.72. The highest BCUT2D eigenvalue weighted by atomic mass is 32.1. The quantitative estimate of drug-likeness (QED) is 0.658. The Hall–Kier alpha value is -1.26. The fourth-order valence-electron chi connectivity index (χ4n) is 1.45. The Bertz CT molecular complexity index is 464. The molecule has 1 heterocycles. The molecule has 0 fully saturated rings. The fourth-order valence-corrected chi connectivity index (χ4v) is 2.55. The van der Waals surface area contributed by atoms with E-state index in [0.29, 0.717) is 24.4 Å². The maximum Gasteiger partial charge on any atom is 0.137 e. The van der Waals surface area contributed by atoms with Gasteiger partial charge in [0.25, 0.3) is 0 Å². The van der Waals surface area contributed by atoms with Gasteiger partial charge in [-0.15, -0.1) is 11.3 Å². The third kappa shape index (κ3) is 1.42. The Balaban J connectivity index is 2.62. The first-order valence-corrected chi connectivity index (χ1v) is 5.24. The molecule has 0 aliphatic carbocycles. The monoisotopic (exact) mass is 208 g/mol. The van der Waals surface area contributed by atoms with Crippen molar-refractivity contribution in [3.05, 3.63) is 23.1 Å². The molecule has 0 saturated carbocycles. The molecule has 2 rings (SSSR count). The minimum atomic E-state index is 0.336. The second-order valence-electron chi connectivity index (χ2n) is 3.17. The molecule has 0 saturated heterocycles. The zero-order valence-corrected chi connectivity index (χ0v) is 8.47. The van der Waals surface area contributed by atoms with Crippen molar-refractivity contribution >= 4 is 27.1 Å². The number of rotatable bonds is 2. The van der Waals surface area contributed by atoms with E-state index >= 15 is 0 Å². The van der Waals surface area contributed by atoms with Crippen LogP contribution in [-0.2, 0) is 6.42 Å². The summed E-state index contributed by atoms with van der Waals surface area (Å²) in [6.45, 7) is 0.551. The lowest BCUT2D eigenvalue weighted by Gasteiger charge is -1.94. The Labute approximate surface area is 86.0 Å². The van der Waals surface area contributed by atoms with Crippen LogP contribution in [-0.4, -0.2) is 11.7 Å². The van der Waals surface area contributed by atoms with Crippen molar-refractivity contribution in [2.45, 2.75) is 6.42 Å². The van der Waals surface area contributed by atoms with Gasteiger partial charge in [0.2, 0.25) is 0 Å². The molecule has 14 heavy (non-hydrogen) atoms. The van der Waals surface area contributed by atoms with Crippen LogP contribution in [0.25, 0.3) is 10.1 Å². The van der Waals surface area contributed by atoms with Crippen molar-refractivity contribution in [1.29, 1.82) is 0 Å². The number of hydrogen-bond acceptors (Lipinski definition) is 4. The lowest BCUT2D eigenvalue weighted by atomic mass is 10.2. The van der Waals surface area contributed by atoms with Gasteiger partial charge in [-0.25, -0.2) is 0 Å². The van der Waals surface area contributed by atoms with E-state index in [2.05, 4.69) is 0 Å². The highest BCUT2D eigenvalue weighted by Gasteiger charge is 2.09. The largest absolute Gasteiger partial charge is 0.506 e. The summed E-state index contributed by atoms with van der Waals surface area (Å²) in [5.74, 6) is 0.336. The Kier molecular flexibility index (Phi) is 2.31. The second kappa shape index (κ2) is 3.48.